The molecule has 0 amide bonds. The summed E-state index contributed by atoms with van der Waals surface area (Å²) < 4.78 is 0. The Labute approximate surface area is 158 Å². The Morgan fingerprint density at radius 3 is 2.62 bits per heavy atom. The molecule has 134 valence electrons. The van der Waals surface area contributed by atoms with Gasteiger partial charge in [-0.2, -0.15) is 4.98 Å². The summed E-state index contributed by atoms with van der Waals surface area (Å²) in [5, 5.41) is 7.27. The molecule has 2 N–H and O–H groups in total. The van der Waals surface area contributed by atoms with E-state index in [9.17, 15) is 0 Å². The van der Waals surface area contributed by atoms with Crippen molar-refractivity contribution in [2.24, 2.45) is 0 Å². The molecule has 3 rings (SSSR count). The van der Waals surface area contributed by atoms with Crippen LogP contribution in [0.25, 0.3) is 11.4 Å². The lowest BCUT2D eigenvalue weighted by Crippen LogP contribution is -2.16. The van der Waals surface area contributed by atoms with Crippen molar-refractivity contribution in [2.75, 3.05) is 10.6 Å². The molecule has 26 heavy (non-hydrogen) atoms. The third kappa shape index (κ3) is 4.49. The van der Waals surface area contributed by atoms with Gasteiger partial charge in [0.15, 0.2) is 0 Å². The van der Waals surface area contributed by atoms with Crippen molar-refractivity contribution >= 4 is 29.1 Å². The molecule has 2 aromatic heterocycles. The maximum atomic E-state index is 6.35. The smallest absolute Gasteiger partial charge is 0.225 e. The monoisotopic (exact) mass is 367 g/mol. The van der Waals surface area contributed by atoms with Crippen molar-refractivity contribution in [3.05, 3.63) is 59.2 Å². The molecule has 0 bridgehead atoms. The van der Waals surface area contributed by atoms with Crippen LogP contribution in [0, 0.1) is 6.92 Å². The van der Waals surface area contributed by atoms with Crippen LogP contribution in [-0.2, 0) is 0 Å². The van der Waals surface area contributed by atoms with Crippen molar-refractivity contribution in [3.63, 3.8) is 0 Å². The molecule has 0 aliphatic heterocycles. The number of rotatable bonds is 6. The molecule has 0 aliphatic rings. The van der Waals surface area contributed by atoms with Gasteiger partial charge >= 0.3 is 0 Å². The third-order valence-electron chi connectivity index (χ3n) is 4.03. The van der Waals surface area contributed by atoms with Crippen LogP contribution in [0.3, 0.4) is 0 Å². The number of aromatic nitrogens is 3. The zero-order valence-electron chi connectivity index (χ0n) is 15.1. The standard InChI is InChI=1S/C20H22ClN5/c1-4-14(3)23-20-25-18(17-7-5-6-10-22-17)12-19(26-20)24-16-9-8-13(2)11-15(16)21/h5-12,14H,4H2,1-3H3,(H2,23,24,25,26)/t14-/m0/s1. The van der Waals surface area contributed by atoms with Crippen LogP contribution in [0.2, 0.25) is 5.02 Å². The Bertz CT molecular complexity index is 883. The molecule has 0 spiro atoms. The quantitative estimate of drug-likeness (QED) is 0.606. The fourth-order valence-corrected chi connectivity index (χ4v) is 2.69. The van der Waals surface area contributed by atoms with Gasteiger partial charge in [0.05, 0.1) is 22.1 Å². The average molecular weight is 368 g/mol. The van der Waals surface area contributed by atoms with E-state index in [1.54, 1.807) is 6.20 Å². The highest BCUT2D eigenvalue weighted by molar-refractivity contribution is 6.33. The summed E-state index contributed by atoms with van der Waals surface area (Å²) in [6.45, 7) is 6.22. The normalized spacial score (nSPS) is 11.8. The highest BCUT2D eigenvalue weighted by Gasteiger charge is 2.11. The van der Waals surface area contributed by atoms with Crippen LogP contribution in [0.4, 0.5) is 17.5 Å². The Balaban J connectivity index is 1.98. The van der Waals surface area contributed by atoms with Gasteiger partial charge in [-0.25, -0.2) is 4.98 Å². The topological polar surface area (TPSA) is 62.7 Å². The molecule has 2 heterocycles. The first kappa shape index (κ1) is 18.1. The minimum absolute atomic E-state index is 0.268. The fourth-order valence-electron chi connectivity index (χ4n) is 2.40. The predicted octanol–water partition coefficient (Wildman–Crippen LogP) is 5.45. The van der Waals surface area contributed by atoms with Crippen molar-refractivity contribution < 1.29 is 0 Å². The van der Waals surface area contributed by atoms with Gasteiger partial charge < -0.3 is 10.6 Å². The largest absolute Gasteiger partial charge is 0.352 e. The van der Waals surface area contributed by atoms with E-state index < -0.39 is 0 Å². The molecule has 0 saturated carbocycles. The number of halogens is 1. The zero-order chi connectivity index (χ0) is 18.5. The van der Waals surface area contributed by atoms with Gasteiger partial charge in [0.25, 0.3) is 0 Å². The van der Waals surface area contributed by atoms with E-state index in [1.807, 2.05) is 49.4 Å². The molecular weight excluding hydrogens is 346 g/mol. The summed E-state index contributed by atoms with van der Waals surface area (Å²) >= 11 is 6.35. The van der Waals surface area contributed by atoms with Gasteiger partial charge in [-0.05, 0) is 50.1 Å². The zero-order valence-corrected chi connectivity index (χ0v) is 15.9. The SMILES string of the molecule is CC[C@H](C)Nc1nc(Nc2ccc(C)cc2Cl)cc(-c2ccccn2)n1. The molecular formula is C20H22ClN5. The lowest BCUT2D eigenvalue weighted by molar-refractivity contribution is 0.753. The van der Waals surface area contributed by atoms with Gasteiger partial charge in [-0.1, -0.05) is 30.7 Å². The lowest BCUT2D eigenvalue weighted by Gasteiger charge is -2.15. The first-order valence-corrected chi connectivity index (χ1v) is 9.03. The molecule has 6 heteroatoms. The van der Waals surface area contributed by atoms with Gasteiger partial charge in [-0.3, -0.25) is 4.98 Å². The molecule has 0 fully saturated rings. The molecule has 1 atom stereocenters. The van der Waals surface area contributed by atoms with Crippen molar-refractivity contribution in [3.8, 4) is 11.4 Å². The molecule has 3 aromatic rings. The van der Waals surface area contributed by atoms with Gasteiger partial charge in [0, 0.05) is 18.3 Å². The minimum atomic E-state index is 0.268. The minimum Gasteiger partial charge on any atom is -0.352 e. The lowest BCUT2D eigenvalue weighted by atomic mass is 10.2. The maximum Gasteiger partial charge on any atom is 0.225 e. The Morgan fingerprint density at radius 1 is 1.08 bits per heavy atom. The average Bonchev–Trinajstić information content (AvgIpc) is 2.64. The first-order chi connectivity index (χ1) is 12.5. The van der Waals surface area contributed by atoms with E-state index in [1.165, 1.54) is 0 Å². The number of hydrogen-bond donors (Lipinski definition) is 2. The molecule has 0 unspecified atom stereocenters. The van der Waals surface area contributed by atoms with Crippen LogP contribution in [0.5, 0.6) is 0 Å². The summed E-state index contributed by atoms with van der Waals surface area (Å²) in [5.41, 5.74) is 3.45. The molecule has 1 aromatic carbocycles. The summed E-state index contributed by atoms with van der Waals surface area (Å²) in [4.78, 5) is 13.6. The van der Waals surface area contributed by atoms with E-state index >= 15 is 0 Å². The van der Waals surface area contributed by atoms with Gasteiger partial charge in [0.1, 0.15) is 5.82 Å². The van der Waals surface area contributed by atoms with E-state index in [4.69, 9.17) is 11.6 Å². The van der Waals surface area contributed by atoms with Gasteiger partial charge in [-0.15, -0.1) is 0 Å². The van der Waals surface area contributed by atoms with Crippen LogP contribution >= 0.6 is 11.6 Å². The number of pyridine rings is 1. The summed E-state index contributed by atoms with van der Waals surface area (Å²) in [6.07, 6.45) is 2.73. The third-order valence-corrected chi connectivity index (χ3v) is 4.34. The Kier molecular flexibility index (Phi) is 5.68. The van der Waals surface area contributed by atoms with Crippen molar-refractivity contribution in [2.45, 2.75) is 33.2 Å². The van der Waals surface area contributed by atoms with Crippen LogP contribution < -0.4 is 10.6 Å². The molecule has 0 radical (unpaired) electrons. The summed E-state index contributed by atoms with van der Waals surface area (Å²) in [6, 6.07) is 13.8. The van der Waals surface area contributed by atoms with Crippen LogP contribution in [-0.4, -0.2) is 21.0 Å². The second-order valence-corrected chi connectivity index (χ2v) is 6.65. The number of aryl methyl sites for hydroxylation is 1. The number of nitrogens with one attached hydrogen (secondary N) is 2. The Hall–Kier alpha value is -2.66. The van der Waals surface area contributed by atoms with Crippen LogP contribution in [0.1, 0.15) is 25.8 Å². The van der Waals surface area contributed by atoms with E-state index in [-0.39, 0.29) is 6.04 Å². The number of nitrogens with zero attached hydrogens (tertiary/aromatic N) is 3. The molecule has 0 saturated heterocycles. The summed E-state index contributed by atoms with van der Waals surface area (Å²) in [5.74, 6) is 1.23. The highest BCUT2D eigenvalue weighted by Crippen LogP contribution is 2.28. The fraction of sp³-hybridized carbons (Fsp3) is 0.250. The highest BCUT2D eigenvalue weighted by atomic mass is 35.5. The summed E-state index contributed by atoms with van der Waals surface area (Å²) in [7, 11) is 0. The van der Waals surface area contributed by atoms with Gasteiger partial charge in [0.2, 0.25) is 5.95 Å². The maximum absolute atomic E-state index is 6.35. The van der Waals surface area contributed by atoms with Crippen LogP contribution in [0.15, 0.2) is 48.7 Å². The van der Waals surface area contributed by atoms with Crippen molar-refractivity contribution in [1.82, 2.24) is 15.0 Å². The van der Waals surface area contributed by atoms with Crippen molar-refractivity contribution in [1.29, 1.82) is 0 Å². The second kappa shape index (κ2) is 8.15. The molecule has 5 nitrogen and oxygen atoms in total. The second-order valence-electron chi connectivity index (χ2n) is 6.24. The Morgan fingerprint density at radius 2 is 1.92 bits per heavy atom. The predicted molar refractivity (Wildman–Crippen MR) is 108 cm³/mol. The van der Waals surface area contributed by atoms with E-state index in [0.717, 1.165) is 29.1 Å². The van der Waals surface area contributed by atoms with E-state index in [0.29, 0.717) is 16.8 Å². The van der Waals surface area contributed by atoms with E-state index in [2.05, 4.69) is 39.4 Å². The first-order valence-electron chi connectivity index (χ1n) is 8.65. The molecule has 0 aliphatic carbocycles. The number of anilines is 3. The number of benzene rings is 1. The number of hydrogen-bond acceptors (Lipinski definition) is 5.